The molecule has 0 aromatic heterocycles. The highest BCUT2D eigenvalue weighted by Gasteiger charge is 2.19. The topological polar surface area (TPSA) is 72.7 Å². The molecule has 0 fully saturated rings. The summed E-state index contributed by atoms with van der Waals surface area (Å²) < 4.78 is 0. The summed E-state index contributed by atoms with van der Waals surface area (Å²) in [6.45, 7) is 6.08. The van der Waals surface area contributed by atoms with Crippen LogP contribution in [0.4, 0.5) is 11.4 Å². The highest BCUT2D eigenvalue weighted by molar-refractivity contribution is 6.39. The number of aromatic hydroxyl groups is 1. The zero-order valence-electron chi connectivity index (χ0n) is 22.9. The van der Waals surface area contributed by atoms with Gasteiger partial charge in [0.05, 0.1) is 21.8 Å². The molecule has 6 heteroatoms. The molecule has 2 aliphatic rings. The molecule has 208 valence electrons. The molecule has 3 aromatic carbocycles. The van der Waals surface area contributed by atoms with Gasteiger partial charge in [-0.1, -0.05) is 78.2 Å². The van der Waals surface area contributed by atoms with E-state index >= 15 is 0 Å². The van der Waals surface area contributed by atoms with E-state index in [0.717, 1.165) is 60.9 Å². The number of benzene rings is 3. The van der Waals surface area contributed by atoms with E-state index < -0.39 is 0 Å². The first kappa shape index (κ1) is 30.8. The van der Waals surface area contributed by atoms with Gasteiger partial charge in [0.1, 0.15) is 11.9 Å². The van der Waals surface area contributed by atoms with Crippen LogP contribution in [0.15, 0.2) is 84.0 Å². The molecule has 2 unspecified atom stereocenters. The number of para-hydroxylation sites is 1. The second kappa shape index (κ2) is 15.1. The maximum atomic E-state index is 10.1. The Morgan fingerprint density at radius 2 is 1.67 bits per heavy atom. The number of allylic oxidation sites excluding steroid dienone is 2. The number of halogens is 2. The maximum Gasteiger partial charge on any atom is 0.116 e. The number of aliphatic hydroxyl groups excluding tert-OH is 2. The number of phenolic OH excluding ortho intramolecular Hbond substituents is 1. The minimum atomic E-state index is -0.376. The number of rotatable bonds is 3. The Balaban J connectivity index is 0.000000177. The molecule has 0 spiro atoms. The second-order valence-electron chi connectivity index (χ2n) is 9.85. The highest BCUT2D eigenvalue weighted by Crippen LogP contribution is 2.35. The Kier molecular flexibility index (Phi) is 11.9. The predicted molar refractivity (Wildman–Crippen MR) is 164 cm³/mol. The van der Waals surface area contributed by atoms with Crippen molar-refractivity contribution in [3.63, 3.8) is 0 Å². The van der Waals surface area contributed by atoms with Crippen LogP contribution in [0.2, 0.25) is 10.0 Å². The molecule has 39 heavy (non-hydrogen) atoms. The zero-order chi connectivity index (χ0) is 28.4. The first-order valence-corrected chi connectivity index (χ1v) is 14.3. The Morgan fingerprint density at radius 1 is 0.949 bits per heavy atom. The van der Waals surface area contributed by atoms with Crippen molar-refractivity contribution in [3.05, 3.63) is 111 Å². The van der Waals surface area contributed by atoms with Crippen molar-refractivity contribution < 1.29 is 15.3 Å². The van der Waals surface area contributed by atoms with E-state index in [1.165, 1.54) is 11.1 Å². The van der Waals surface area contributed by atoms with Crippen molar-refractivity contribution in [2.75, 3.05) is 5.32 Å². The van der Waals surface area contributed by atoms with E-state index in [9.17, 15) is 10.2 Å². The molecule has 2 aliphatic carbocycles. The number of hydrogen-bond donors (Lipinski definition) is 4. The SMILES string of the molecule is C/C=C1\CCCc2ccccc2C1O.CC1=CC(O)CC1.CCc1cc(O)ccc1Nc1c(Cl)cccc1Cl. The molecule has 0 saturated carbocycles. The summed E-state index contributed by atoms with van der Waals surface area (Å²) in [5.41, 5.74) is 7.47. The van der Waals surface area contributed by atoms with Gasteiger partial charge in [0, 0.05) is 5.69 Å². The van der Waals surface area contributed by atoms with Crippen LogP contribution >= 0.6 is 23.2 Å². The van der Waals surface area contributed by atoms with Gasteiger partial charge in [-0.05, 0) is 105 Å². The van der Waals surface area contributed by atoms with Gasteiger partial charge in [0.15, 0.2) is 0 Å². The van der Waals surface area contributed by atoms with Gasteiger partial charge >= 0.3 is 0 Å². The fourth-order valence-electron chi connectivity index (χ4n) is 4.77. The minimum Gasteiger partial charge on any atom is -0.508 e. The van der Waals surface area contributed by atoms with Gasteiger partial charge < -0.3 is 20.6 Å². The molecule has 0 radical (unpaired) electrons. The summed E-state index contributed by atoms with van der Waals surface area (Å²) in [7, 11) is 0. The third kappa shape index (κ3) is 8.87. The summed E-state index contributed by atoms with van der Waals surface area (Å²) in [5.74, 6) is 0.252. The Hall–Kier alpha value is -2.76. The average molecular weight is 569 g/mol. The maximum absolute atomic E-state index is 10.1. The monoisotopic (exact) mass is 567 g/mol. The van der Waals surface area contributed by atoms with E-state index in [0.29, 0.717) is 15.7 Å². The van der Waals surface area contributed by atoms with Crippen LogP contribution in [-0.4, -0.2) is 21.4 Å². The molecular formula is C33H39Cl2NO3. The third-order valence-corrected chi connectivity index (χ3v) is 7.62. The fraction of sp³-hybridized carbons (Fsp3) is 0.333. The summed E-state index contributed by atoms with van der Waals surface area (Å²) in [4.78, 5) is 0. The number of fused-ring (bicyclic) bond motifs is 1. The number of aryl methyl sites for hydroxylation is 2. The summed E-state index contributed by atoms with van der Waals surface area (Å²) in [6.07, 6.45) is 9.53. The molecule has 0 heterocycles. The number of phenols is 1. The van der Waals surface area contributed by atoms with Gasteiger partial charge in [-0.25, -0.2) is 0 Å². The van der Waals surface area contributed by atoms with E-state index in [-0.39, 0.29) is 18.0 Å². The van der Waals surface area contributed by atoms with E-state index in [2.05, 4.69) is 18.3 Å². The van der Waals surface area contributed by atoms with Crippen molar-refractivity contribution in [1.29, 1.82) is 0 Å². The van der Waals surface area contributed by atoms with E-state index in [1.54, 1.807) is 30.3 Å². The van der Waals surface area contributed by atoms with Crippen molar-refractivity contribution in [2.45, 2.75) is 71.5 Å². The van der Waals surface area contributed by atoms with Crippen molar-refractivity contribution in [3.8, 4) is 5.75 Å². The van der Waals surface area contributed by atoms with Crippen LogP contribution in [0.25, 0.3) is 0 Å². The van der Waals surface area contributed by atoms with Gasteiger partial charge in [0.25, 0.3) is 0 Å². The lowest BCUT2D eigenvalue weighted by molar-refractivity contribution is 0.212. The Bertz CT molecular complexity index is 1280. The van der Waals surface area contributed by atoms with Crippen molar-refractivity contribution in [1.82, 2.24) is 0 Å². The Morgan fingerprint density at radius 3 is 2.26 bits per heavy atom. The highest BCUT2D eigenvalue weighted by atomic mass is 35.5. The number of anilines is 2. The van der Waals surface area contributed by atoms with Crippen molar-refractivity contribution >= 4 is 34.6 Å². The molecule has 4 N–H and O–H groups in total. The van der Waals surface area contributed by atoms with Gasteiger partial charge in [-0.15, -0.1) is 0 Å². The molecule has 0 aliphatic heterocycles. The summed E-state index contributed by atoms with van der Waals surface area (Å²) in [5, 5.41) is 32.8. The Labute approximate surface area is 242 Å². The minimum absolute atomic E-state index is 0.139. The fourth-order valence-corrected chi connectivity index (χ4v) is 5.26. The van der Waals surface area contributed by atoms with Crippen LogP contribution in [0.5, 0.6) is 5.75 Å². The summed E-state index contributed by atoms with van der Waals surface area (Å²) in [6, 6.07) is 18.7. The smallest absolute Gasteiger partial charge is 0.116 e. The molecule has 0 amide bonds. The van der Waals surface area contributed by atoms with Crippen LogP contribution in [-0.2, 0) is 12.8 Å². The first-order chi connectivity index (χ1) is 18.7. The molecule has 0 bridgehead atoms. The van der Waals surface area contributed by atoms with Gasteiger partial charge in [0.2, 0.25) is 0 Å². The third-order valence-electron chi connectivity index (χ3n) is 6.99. The van der Waals surface area contributed by atoms with Crippen LogP contribution in [0.3, 0.4) is 0 Å². The van der Waals surface area contributed by atoms with E-state index in [4.69, 9.17) is 28.3 Å². The largest absolute Gasteiger partial charge is 0.508 e. The van der Waals surface area contributed by atoms with Crippen LogP contribution in [0, 0.1) is 0 Å². The number of hydrogen-bond acceptors (Lipinski definition) is 4. The average Bonchev–Trinajstić information content (AvgIpc) is 3.23. The number of nitrogens with one attached hydrogen (secondary N) is 1. The van der Waals surface area contributed by atoms with E-state index in [1.807, 2.05) is 50.3 Å². The predicted octanol–water partition coefficient (Wildman–Crippen LogP) is 9.10. The van der Waals surface area contributed by atoms with Gasteiger partial charge in [-0.2, -0.15) is 0 Å². The standard InChI is InChI=1S/C14H13Cl2NO.C13H16O.C6H10O/c1-2-9-8-10(18)6-7-13(9)17-14-11(15)4-3-5-12(14)16;1-2-10-7-5-8-11-6-3-4-9-12(11)13(10)14;1-5-2-3-6(7)4-5/h3-8,17-18H,2H2,1H3;2-4,6,9,13-14H,5,7-8H2,1H3;4,6-7H,2-3H2,1H3/b;10-2+;. The number of aliphatic hydroxyl groups is 2. The van der Waals surface area contributed by atoms with Crippen LogP contribution < -0.4 is 5.32 Å². The lowest BCUT2D eigenvalue weighted by Crippen LogP contribution is -2.01. The zero-order valence-corrected chi connectivity index (χ0v) is 24.4. The van der Waals surface area contributed by atoms with Crippen LogP contribution in [0.1, 0.15) is 69.2 Å². The van der Waals surface area contributed by atoms with Gasteiger partial charge in [-0.3, -0.25) is 0 Å². The first-order valence-electron chi connectivity index (χ1n) is 13.5. The molecule has 4 nitrogen and oxygen atoms in total. The summed E-state index contributed by atoms with van der Waals surface area (Å²) >= 11 is 12.2. The molecule has 3 aromatic rings. The quantitative estimate of drug-likeness (QED) is 0.144. The molecule has 5 rings (SSSR count). The normalized spacial score (nSPS) is 19.1. The lowest BCUT2D eigenvalue weighted by atomic mass is 9.98. The lowest BCUT2D eigenvalue weighted by Gasteiger charge is -2.13. The molecular weight excluding hydrogens is 529 g/mol. The molecule has 2 atom stereocenters. The second-order valence-corrected chi connectivity index (χ2v) is 10.7. The molecule has 0 saturated heterocycles. The van der Waals surface area contributed by atoms with Crippen molar-refractivity contribution in [2.24, 2.45) is 0 Å².